The van der Waals surface area contributed by atoms with Crippen LogP contribution in [-0.2, 0) is 6.42 Å². The quantitative estimate of drug-likeness (QED) is 0.669. The molecule has 88 valence electrons. The fourth-order valence-corrected chi connectivity index (χ4v) is 2.91. The number of quaternary nitrogens is 1. The Morgan fingerprint density at radius 3 is 2.50 bits per heavy atom. The van der Waals surface area contributed by atoms with Crippen molar-refractivity contribution in [1.29, 1.82) is 0 Å². The molecule has 0 saturated carbocycles. The summed E-state index contributed by atoms with van der Waals surface area (Å²) in [5.41, 5.74) is 2.88. The predicted molar refractivity (Wildman–Crippen MR) is 69.4 cm³/mol. The van der Waals surface area contributed by atoms with Crippen molar-refractivity contribution in [2.45, 2.75) is 26.2 Å². The molecule has 0 spiro atoms. The zero-order valence-electron chi connectivity index (χ0n) is 10.9. The van der Waals surface area contributed by atoms with Gasteiger partial charge in [0.25, 0.3) is 0 Å². The molecule has 1 unspecified atom stereocenters. The van der Waals surface area contributed by atoms with E-state index in [1.54, 1.807) is 0 Å². The Morgan fingerprint density at radius 2 is 1.88 bits per heavy atom. The van der Waals surface area contributed by atoms with Crippen molar-refractivity contribution in [3.8, 4) is 0 Å². The van der Waals surface area contributed by atoms with Crippen LogP contribution in [0.4, 0.5) is 0 Å². The summed E-state index contributed by atoms with van der Waals surface area (Å²) in [6.07, 6.45) is 4.07. The maximum atomic E-state index is 2.36. The van der Waals surface area contributed by atoms with Gasteiger partial charge < -0.3 is 4.48 Å². The molecule has 0 amide bonds. The zero-order valence-corrected chi connectivity index (χ0v) is 10.9. The van der Waals surface area contributed by atoms with Crippen molar-refractivity contribution in [2.75, 3.05) is 27.2 Å². The number of nitrogens with zero attached hydrogens (tertiary/aromatic N) is 1. The molecule has 1 saturated heterocycles. The summed E-state index contributed by atoms with van der Waals surface area (Å²) in [5.74, 6) is 0.881. The highest BCUT2D eigenvalue weighted by atomic mass is 15.3. The van der Waals surface area contributed by atoms with Crippen LogP contribution in [0.15, 0.2) is 24.3 Å². The summed E-state index contributed by atoms with van der Waals surface area (Å²) in [5, 5.41) is 0. The van der Waals surface area contributed by atoms with Crippen molar-refractivity contribution in [2.24, 2.45) is 5.92 Å². The molecule has 16 heavy (non-hydrogen) atoms. The van der Waals surface area contributed by atoms with Crippen LogP contribution in [0.5, 0.6) is 0 Å². The van der Waals surface area contributed by atoms with Crippen molar-refractivity contribution in [1.82, 2.24) is 0 Å². The van der Waals surface area contributed by atoms with Gasteiger partial charge in [-0.1, -0.05) is 29.8 Å². The number of rotatable bonds is 2. The van der Waals surface area contributed by atoms with E-state index in [0.29, 0.717) is 0 Å². The zero-order chi connectivity index (χ0) is 11.6. The Kier molecular flexibility index (Phi) is 3.34. The van der Waals surface area contributed by atoms with Gasteiger partial charge in [-0.05, 0) is 31.7 Å². The first-order chi connectivity index (χ1) is 7.55. The van der Waals surface area contributed by atoms with Crippen molar-refractivity contribution in [3.63, 3.8) is 0 Å². The van der Waals surface area contributed by atoms with E-state index >= 15 is 0 Å². The van der Waals surface area contributed by atoms with E-state index in [1.807, 2.05) is 0 Å². The fourth-order valence-electron chi connectivity index (χ4n) is 2.91. The fraction of sp³-hybridized carbons (Fsp3) is 0.600. The first-order valence-electron chi connectivity index (χ1n) is 6.43. The lowest BCUT2D eigenvalue weighted by Crippen LogP contribution is -2.47. The standard InChI is InChI=1S/C15H24N/c1-13-6-8-14(9-7-13)11-15-5-4-10-16(2,3)12-15/h6-9,15H,4-5,10-12H2,1-3H3/q+1. The van der Waals surface area contributed by atoms with Crippen LogP contribution < -0.4 is 0 Å². The van der Waals surface area contributed by atoms with Gasteiger partial charge in [0.1, 0.15) is 0 Å². The lowest BCUT2D eigenvalue weighted by Gasteiger charge is -2.38. The Labute approximate surface area is 99.7 Å². The third-order valence-corrected chi connectivity index (χ3v) is 3.77. The maximum Gasteiger partial charge on any atom is 0.0814 e. The Hall–Kier alpha value is -0.820. The minimum absolute atomic E-state index is 0.881. The van der Waals surface area contributed by atoms with Gasteiger partial charge >= 0.3 is 0 Å². The molecule has 1 aromatic carbocycles. The smallest absolute Gasteiger partial charge is 0.0814 e. The van der Waals surface area contributed by atoms with Gasteiger partial charge in [-0.25, -0.2) is 0 Å². The minimum Gasteiger partial charge on any atom is -0.328 e. The molecule has 0 bridgehead atoms. The second kappa shape index (κ2) is 4.58. The minimum atomic E-state index is 0.881. The second-order valence-corrected chi connectivity index (χ2v) is 6.04. The third kappa shape index (κ3) is 3.08. The van der Waals surface area contributed by atoms with Crippen LogP contribution >= 0.6 is 0 Å². The van der Waals surface area contributed by atoms with Crippen LogP contribution in [-0.4, -0.2) is 31.7 Å². The lowest BCUT2D eigenvalue weighted by molar-refractivity contribution is -0.898. The van der Waals surface area contributed by atoms with Crippen LogP contribution in [0.25, 0.3) is 0 Å². The topological polar surface area (TPSA) is 0 Å². The molecule has 1 aromatic rings. The molecule has 0 N–H and O–H groups in total. The average molecular weight is 218 g/mol. The number of likely N-dealkylation sites (tertiary alicyclic amines) is 1. The van der Waals surface area contributed by atoms with E-state index in [2.05, 4.69) is 45.3 Å². The summed E-state index contributed by atoms with van der Waals surface area (Å²) in [4.78, 5) is 0. The second-order valence-electron chi connectivity index (χ2n) is 6.04. The molecule has 1 aliphatic rings. The van der Waals surface area contributed by atoms with Crippen LogP contribution in [0.1, 0.15) is 24.0 Å². The molecule has 1 aliphatic heterocycles. The summed E-state index contributed by atoms with van der Waals surface area (Å²) in [6.45, 7) is 4.85. The van der Waals surface area contributed by atoms with Gasteiger partial charge in [-0.15, -0.1) is 0 Å². The van der Waals surface area contributed by atoms with Crippen molar-refractivity contribution in [3.05, 3.63) is 35.4 Å². The van der Waals surface area contributed by atoms with E-state index in [4.69, 9.17) is 0 Å². The van der Waals surface area contributed by atoms with E-state index in [-0.39, 0.29) is 0 Å². The monoisotopic (exact) mass is 218 g/mol. The summed E-state index contributed by atoms with van der Waals surface area (Å²) < 4.78 is 1.20. The predicted octanol–water partition coefficient (Wildman–Crippen LogP) is 3.02. The molecule has 0 aliphatic carbocycles. The Balaban J connectivity index is 1.97. The van der Waals surface area contributed by atoms with Crippen molar-refractivity contribution >= 4 is 0 Å². The highest BCUT2D eigenvalue weighted by Gasteiger charge is 2.27. The van der Waals surface area contributed by atoms with Gasteiger partial charge in [0.05, 0.1) is 27.2 Å². The molecule has 1 fully saturated rings. The maximum absolute atomic E-state index is 2.36. The molecule has 2 rings (SSSR count). The number of hydrogen-bond acceptors (Lipinski definition) is 0. The van der Waals surface area contributed by atoms with Crippen molar-refractivity contribution < 1.29 is 4.48 Å². The first-order valence-corrected chi connectivity index (χ1v) is 6.43. The van der Waals surface area contributed by atoms with Gasteiger partial charge in [-0.3, -0.25) is 0 Å². The summed E-state index contributed by atoms with van der Waals surface area (Å²) >= 11 is 0. The number of aryl methyl sites for hydroxylation is 1. The summed E-state index contributed by atoms with van der Waals surface area (Å²) in [7, 11) is 4.72. The molecular weight excluding hydrogens is 194 g/mol. The number of hydrogen-bond donors (Lipinski definition) is 0. The number of piperidine rings is 1. The molecule has 1 heterocycles. The largest absolute Gasteiger partial charge is 0.328 e. The summed E-state index contributed by atoms with van der Waals surface area (Å²) in [6, 6.07) is 9.06. The molecule has 1 heteroatoms. The van der Waals surface area contributed by atoms with Gasteiger partial charge in [0, 0.05) is 5.92 Å². The average Bonchev–Trinajstić information content (AvgIpc) is 2.20. The molecule has 0 aromatic heterocycles. The molecule has 0 radical (unpaired) electrons. The van der Waals surface area contributed by atoms with E-state index in [0.717, 1.165) is 5.92 Å². The number of benzene rings is 1. The SMILES string of the molecule is Cc1ccc(CC2CCC[N+](C)(C)C2)cc1. The van der Waals surface area contributed by atoms with Crippen LogP contribution in [0.3, 0.4) is 0 Å². The normalized spacial score (nSPS) is 24.3. The van der Waals surface area contributed by atoms with E-state index in [1.165, 1.54) is 48.0 Å². The first kappa shape index (κ1) is 11.7. The van der Waals surface area contributed by atoms with Gasteiger partial charge in [0.15, 0.2) is 0 Å². The van der Waals surface area contributed by atoms with E-state index in [9.17, 15) is 0 Å². The Bertz CT molecular complexity index is 337. The Morgan fingerprint density at radius 1 is 1.19 bits per heavy atom. The lowest BCUT2D eigenvalue weighted by atomic mass is 9.90. The van der Waals surface area contributed by atoms with Crippen LogP contribution in [0.2, 0.25) is 0 Å². The molecular formula is C15H24N+. The van der Waals surface area contributed by atoms with E-state index < -0.39 is 0 Å². The van der Waals surface area contributed by atoms with Crippen LogP contribution in [0, 0.1) is 12.8 Å². The van der Waals surface area contributed by atoms with Gasteiger partial charge in [-0.2, -0.15) is 0 Å². The highest BCUT2D eigenvalue weighted by Crippen LogP contribution is 2.23. The molecule has 1 atom stereocenters. The third-order valence-electron chi connectivity index (χ3n) is 3.77. The molecule has 1 nitrogen and oxygen atoms in total. The van der Waals surface area contributed by atoms with Gasteiger partial charge in [0.2, 0.25) is 0 Å². The highest BCUT2D eigenvalue weighted by molar-refractivity contribution is 5.21.